The molecule has 2 aliphatic rings. The van der Waals surface area contributed by atoms with E-state index in [1.807, 2.05) is 0 Å². The zero-order valence-corrected chi connectivity index (χ0v) is 12.2. The molecule has 0 bridgehead atoms. The summed E-state index contributed by atoms with van der Waals surface area (Å²) in [6.45, 7) is 8.56. The third-order valence-electron chi connectivity index (χ3n) is 4.23. The summed E-state index contributed by atoms with van der Waals surface area (Å²) in [6.07, 6.45) is 7.68. The molecule has 1 aliphatic carbocycles. The molecule has 2 nitrogen and oxygen atoms in total. The number of allylic oxidation sites excluding steroid dienone is 2. The van der Waals surface area contributed by atoms with Gasteiger partial charge in [0.25, 0.3) is 0 Å². The lowest BCUT2D eigenvalue weighted by atomic mass is 9.79. The molecule has 0 aromatic rings. The molecule has 1 heterocycles. The number of ether oxygens (including phenoxy) is 2. The Hall–Kier alpha value is -0.340. The van der Waals surface area contributed by atoms with E-state index in [0.717, 1.165) is 31.5 Å². The monoisotopic (exact) mass is 252 g/mol. The van der Waals surface area contributed by atoms with Crippen molar-refractivity contribution in [3.63, 3.8) is 0 Å². The van der Waals surface area contributed by atoms with Gasteiger partial charge in [-0.1, -0.05) is 25.0 Å². The summed E-state index contributed by atoms with van der Waals surface area (Å²) in [6, 6.07) is 0. The van der Waals surface area contributed by atoms with Crippen molar-refractivity contribution in [2.45, 2.75) is 65.6 Å². The largest absolute Gasteiger partial charge is 0.350 e. The van der Waals surface area contributed by atoms with Crippen molar-refractivity contribution in [3.8, 4) is 0 Å². The molecule has 0 amide bonds. The highest BCUT2D eigenvalue weighted by atomic mass is 16.7. The van der Waals surface area contributed by atoms with Gasteiger partial charge in [0.2, 0.25) is 0 Å². The molecule has 0 saturated carbocycles. The van der Waals surface area contributed by atoms with Crippen LogP contribution in [0.3, 0.4) is 0 Å². The van der Waals surface area contributed by atoms with Crippen molar-refractivity contribution in [3.05, 3.63) is 11.1 Å². The Kier molecular flexibility index (Phi) is 5.25. The molecule has 18 heavy (non-hydrogen) atoms. The minimum atomic E-state index is 0.0682. The van der Waals surface area contributed by atoms with E-state index in [0.29, 0.717) is 0 Å². The van der Waals surface area contributed by atoms with Gasteiger partial charge < -0.3 is 9.47 Å². The zero-order valence-electron chi connectivity index (χ0n) is 12.2. The van der Waals surface area contributed by atoms with E-state index in [9.17, 15) is 0 Å². The molecule has 0 aromatic heterocycles. The first kappa shape index (κ1) is 14.1. The summed E-state index contributed by atoms with van der Waals surface area (Å²) < 4.78 is 11.0. The fourth-order valence-corrected chi connectivity index (χ4v) is 3.34. The maximum Gasteiger partial charge on any atom is 0.158 e. The Morgan fingerprint density at radius 2 is 1.94 bits per heavy atom. The lowest BCUT2D eigenvalue weighted by molar-refractivity contribution is -0.0463. The molecule has 1 atom stereocenters. The lowest BCUT2D eigenvalue weighted by Crippen LogP contribution is -2.13. The molecular formula is C16H28O2. The summed E-state index contributed by atoms with van der Waals surface area (Å²) in [5.41, 5.74) is 3.32. The van der Waals surface area contributed by atoms with Crippen LogP contribution >= 0.6 is 0 Å². The molecular weight excluding hydrogens is 224 g/mol. The number of rotatable bonds is 5. The molecule has 1 fully saturated rings. The smallest absolute Gasteiger partial charge is 0.158 e. The second kappa shape index (κ2) is 6.72. The van der Waals surface area contributed by atoms with Gasteiger partial charge in [-0.25, -0.2) is 0 Å². The van der Waals surface area contributed by atoms with E-state index in [-0.39, 0.29) is 6.29 Å². The highest BCUT2D eigenvalue weighted by Crippen LogP contribution is 2.35. The van der Waals surface area contributed by atoms with E-state index in [2.05, 4.69) is 20.8 Å². The van der Waals surface area contributed by atoms with Crippen molar-refractivity contribution < 1.29 is 9.47 Å². The van der Waals surface area contributed by atoms with Crippen LogP contribution in [-0.4, -0.2) is 19.5 Å². The average molecular weight is 252 g/mol. The minimum absolute atomic E-state index is 0.0682. The third-order valence-corrected chi connectivity index (χ3v) is 4.23. The van der Waals surface area contributed by atoms with Crippen LogP contribution < -0.4 is 0 Å². The van der Waals surface area contributed by atoms with Gasteiger partial charge in [0.15, 0.2) is 6.29 Å². The molecule has 1 aliphatic heterocycles. The van der Waals surface area contributed by atoms with Crippen LogP contribution in [0.25, 0.3) is 0 Å². The first-order valence-corrected chi connectivity index (χ1v) is 7.56. The molecule has 0 aromatic carbocycles. The fraction of sp³-hybridized carbons (Fsp3) is 0.875. The summed E-state index contributed by atoms with van der Waals surface area (Å²) >= 11 is 0. The highest BCUT2D eigenvalue weighted by molar-refractivity contribution is 5.16. The number of hydrogen-bond acceptors (Lipinski definition) is 2. The van der Waals surface area contributed by atoms with Crippen molar-refractivity contribution in [1.29, 1.82) is 0 Å². The van der Waals surface area contributed by atoms with Crippen molar-refractivity contribution in [1.82, 2.24) is 0 Å². The van der Waals surface area contributed by atoms with Gasteiger partial charge >= 0.3 is 0 Å². The second-order valence-electron chi connectivity index (χ2n) is 6.33. The van der Waals surface area contributed by atoms with Crippen LogP contribution in [0.1, 0.15) is 59.3 Å². The van der Waals surface area contributed by atoms with Crippen molar-refractivity contribution in [2.75, 3.05) is 13.2 Å². The van der Waals surface area contributed by atoms with Gasteiger partial charge in [0.1, 0.15) is 0 Å². The molecule has 0 unspecified atom stereocenters. The molecule has 1 saturated heterocycles. The maximum atomic E-state index is 5.51. The Morgan fingerprint density at radius 3 is 2.56 bits per heavy atom. The first-order valence-electron chi connectivity index (χ1n) is 7.56. The molecule has 0 N–H and O–H groups in total. The van der Waals surface area contributed by atoms with E-state index in [1.165, 1.54) is 32.1 Å². The molecule has 0 spiro atoms. The quantitative estimate of drug-likeness (QED) is 0.679. The van der Waals surface area contributed by atoms with Gasteiger partial charge in [-0.15, -0.1) is 0 Å². The zero-order chi connectivity index (χ0) is 13.0. The Bertz CT molecular complexity index is 287. The summed E-state index contributed by atoms with van der Waals surface area (Å²) in [5, 5.41) is 0. The number of hydrogen-bond donors (Lipinski definition) is 0. The van der Waals surface area contributed by atoms with Crippen LogP contribution in [0.15, 0.2) is 11.1 Å². The predicted octanol–water partition coefficient (Wildman–Crippen LogP) is 4.30. The standard InChI is InChI=1S/C16H28O2/c1-12(2)10-14-4-5-15(13(3)11-14)6-7-16-17-8-9-18-16/h12,14,16H,4-11H2,1-3H3/t14-/m0/s1. The lowest BCUT2D eigenvalue weighted by Gasteiger charge is -2.27. The average Bonchev–Trinajstić information content (AvgIpc) is 2.80. The normalized spacial score (nSPS) is 26.3. The van der Waals surface area contributed by atoms with Gasteiger partial charge in [-0.3, -0.25) is 0 Å². The molecule has 104 valence electrons. The Balaban J connectivity index is 1.78. The van der Waals surface area contributed by atoms with Gasteiger partial charge in [0, 0.05) is 6.42 Å². The Labute approximate surface area is 112 Å². The minimum Gasteiger partial charge on any atom is -0.350 e. The van der Waals surface area contributed by atoms with E-state index in [4.69, 9.17) is 9.47 Å². The summed E-state index contributed by atoms with van der Waals surface area (Å²) in [5.74, 6) is 1.76. The van der Waals surface area contributed by atoms with Crippen LogP contribution in [0.2, 0.25) is 0 Å². The third kappa shape index (κ3) is 4.10. The van der Waals surface area contributed by atoms with E-state index < -0.39 is 0 Å². The van der Waals surface area contributed by atoms with Crippen LogP contribution in [0, 0.1) is 11.8 Å². The molecule has 0 radical (unpaired) electrons. The van der Waals surface area contributed by atoms with Gasteiger partial charge in [-0.05, 0) is 50.9 Å². The van der Waals surface area contributed by atoms with Gasteiger partial charge in [-0.2, -0.15) is 0 Å². The predicted molar refractivity (Wildman–Crippen MR) is 74.4 cm³/mol. The maximum absolute atomic E-state index is 5.51. The van der Waals surface area contributed by atoms with E-state index >= 15 is 0 Å². The van der Waals surface area contributed by atoms with Crippen LogP contribution in [0.4, 0.5) is 0 Å². The first-order chi connectivity index (χ1) is 8.65. The fourth-order valence-electron chi connectivity index (χ4n) is 3.34. The summed E-state index contributed by atoms with van der Waals surface area (Å²) in [4.78, 5) is 0. The van der Waals surface area contributed by atoms with Crippen molar-refractivity contribution >= 4 is 0 Å². The van der Waals surface area contributed by atoms with E-state index in [1.54, 1.807) is 11.1 Å². The summed E-state index contributed by atoms with van der Waals surface area (Å²) in [7, 11) is 0. The van der Waals surface area contributed by atoms with Crippen LogP contribution in [0.5, 0.6) is 0 Å². The van der Waals surface area contributed by atoms with Crippen LogP contribution in [-0.2, 0) is 9.47 Å². The Morgan fingerprint density at radius 1 is 1.22 bits per heavy atom. The van der Waals surface area contributed by atoms with Gasteiger partial charge in [0.05, 0.1) is 13.2 Å². The molecule has 2 heteroatoms. The SMILES string of the molecule is CC1=C(CCC2OCCO2)CC[C@@H](CC(C)C)C1. The van der Waals surface area contributed by atoms with Crippen molar-refractivity contribution in [2.24, 2.45) is 11.8 Å². The second-order valence-corrected chi connectivity index (χ2v) is 6.33. The topological polar surface area (TPSA) is 18.5 Å². The highest BCUT2D eigenvalue weighted by Gasteiger charge is 2.21. The molecule has 2 rings (SSSR count).